The maximum atomic E-state index is 10.1. The van der Waals surface area contributed by atoms with E-state index in [4.69, 9.17) is 4.74 Å². The standard InChI is InChI=1S/C16H20O2S/c1-2-18-14-10-8-13(9-11-14)16(17)7-3-5-15-6-4-12-19-15/h4,6,8-12,16-17H,2-3,5,7H2,1H3. The van der Waals surface area contributed by atoms with Gasteiger partial charge in [-0.3, -0.25) is 0 Å². The van der Waals surface area contributed by atoms with Crippen molar-refractivity contribution in [2.24, 2.45) is 0 Å². The summed E-state index contributed by atoms with van der Waals surface area (Å²) in [6.07, 6.45) is 2.47. The Hall–Kier alpha value is -1.32. The number of aryl methyl sites for hydroxylation is 1. The number of benzene rings is 1. The minimum absolute atomic E-state index is 0.379. The molecule has 1 N–H and O–H groups in total. The Morgan fingerprint density at radius 3 is 2.63 bits per heavy atom. The van der Waals surface area contributed by atoms with Gasteiger partial charge in [0.1, 0.15) is 5.75 Å². The van der Waals surface area contributed by atoms with Gasteiger partial charge in [0.2, 0.25) is 0 Å². The molecule has 2 nitrogen and oxygen atoms in total. The zero-order chi connectivity index (χ0) is 13.5. The third-order valence-electron chi connectivity index (χ3n) is 3.06. The summed E-state index contributed by atoms with van der Waals surface area (Å²) in [6.45, 7) is 2.63. The predicted octanol–water partition coefficient (Wildman–Crippen LogP) is 4.20. The lowest BCUT2D eigenvalue weighted by Crippen LogP contribution is -1.99. The Labute approximate surface area is 118 Å². The van der Waals surface area contributed by atoms with Gasteiger partial charge in [0.25, 0.3) is 0 Å². The molecule has 0 spiro atoms. The molecule has 102 valence electrons. The van der Waals surface area contributed by atoms with Crippen LogP contribution in [0.4, 0.5) is 0 Å². The van der Waals surface area contributed by atoms with Crippen molar-refractivity contribution in [1.29, 1.82) is 0 Å². The molecule has 0 aliphatic heterocycles. The van der Waals surface area contributed by atoms with E-state index in [2.05, 4.69) is 17.5 Å². The van der Waals surface area contributed by atoms with E-state index >= 15 is 0 Å². The van der Waals surface area contributed by atoms with E-state index in [1.54, 1.807) is 11.3 Å². The Bertz CT molecular complexity index is 462. The quantitative estimate of drug-likeness (QED) is 0.821. The van der Waals surface area contributed by atoms with Crippen molar-refractivity contribution >= 4 is 11.3 Å². The van der Waals surface area contributed by atoms with Crippen LogP contribution in [0.1, 0.15) is 36.3 Å². The Kier molecular flexibility index (Phi) is 5.43. The number of hydrogen-bond acceptors (Lipinski definition) is 3. The normalized spacial score (nSPS) is 12.3. The number of thiophene rings is 1. The van der Waals surface area contributed by atoms with Crippen molar-refractivity contribution in [3.05, 3.63) is 52.2 Å². The summed E-state index contributed by atoms with van der Waals surface area (Å²) < 4.78 is 5.39. The van der Waals surface area contributed by atoms with E-state index in [1.165, 1.54) is 4.88 Å². The Morgan fingerprint density at radius 1 is 1.21 bits per heavy atom. The van der Waals surface area contributed by atoms with Gasteiger partial charge in [0, 0.05) is 4.88 Å². The molecule has 0 aliphatic carbocycles. The topological polar surface area (TPSA) is 29.5 Å². The van der Waals surface area contributed by atoms with Crippen LogP contribution >= 0.6 is 11.3 Å². The fraction of sp³-hybridized carbons (Fsp3) is 0.375. The summed E-state index contributed by atoms with van der Waals surface area (Å²) in [5.74, 6) is 0.858. The van der Waals surface area contributed by atoms with E-state index in [9.17, 15) is 5.11 Å². The molecule has 1 aromatic heterocycles. The lowest BCUT2D eigenvalue weighted by atomic mass is 10.0. The maximum absolute atomic E-state index is 10.1. The summed E-state index contributed by atoms with van der Waals surface area (Å²) in [5, 5.41) is 12.2. The van der Waals surface area contributed by atoms with Gasteiger partial charge in [-0.2, -0.15) is 0 Å². The van der Waals surface area contributed by atoms with Gasteiger partial charge in [0.05, 0.1) is 12.7 Å². The Morgan fingerprint density at radius 2 is 2.00 bits per heavy atom. The van der Waals surface area contributed by atoms with Gasteiger partial charge >= 0.3 is 0 Å². The molecule has 1 heterocycles. The van der Waals surface area contributed by atoms with Crippen molar-refractivity contribution in [2.75, 3.05) is 6.61 Å². The number of hydrogen-bond donors (Lipinski definition) is 1. The molecule has 0 fully saturated rings. The first-order chi connectivity index (χ1) is 9.29. The third kappa shape index (κ3) is 4.37. The van der Waals surface area contributed by atoms with Gasteiger partial charge in [0.15, 0.2) is 0 Å². The van der Waals surface area contributed by atoms with Crippen molar-refractivity contribution in [2.45, 2.75) is 32.3 Å². The second kappa shape index (κ2) is 7.31. The largest absolute Gasteiger partial charge is 0.494 e. The summed E-state index contributed by atoms with van der Waals surface area (Å²) in [5.41, 5.74) is 0.967. The van der Waals surface area contributed by atoms with Crippen molar-refractivity contribution in [1.82, 2.24) is 0 Å². The summed E-state index contributed by atoms with van der Waals surface area (Å²) in [4.78, 5) is 1.39. The molecule has 3 heteroatoms. The molecule has 0 saturated carbocycles. The SMILES string of the molecule is CCOc1ccc(C(O)CCCc2cccs2)cc1. The van der Waals surface area contributed by atoms with Crippen LogP contribution in [-0.4, -0.2) is 11.7 Å². The molecule has 1 aromatic carbocycles. The van der Waals surface area contributed by atoms with Crippen LogP contribution in [0.15, 0.2) is 41.8 Å². The summed E-state index contributed by atoms with van der Waals surface area (Å²) >= 11 is 1.78. The fourth-order valence-corrected chi connectivity index (χ4v) is 2.80. The highest BCUT2D eigenvalue weighted by molar-refractivity contribution is 7.09. The monoisotopic (exact) mass is 276 g/mol. The fourth-order valence-electron chi connectivity index (χ4n) is 2.04. The lowest BCUT2D eigenvalue weighted by molar-refractivity contribution is 0.164. The van der Waals surface area contributed by atoms with E-state index in [0.29, 0.717) is 6.61 Å². The van der Waals surface area contributed by atoms with Gasteiger partial charge in [-0.05, 0) is 55.3 Å². The van der Waals surface area contributed by atoms with E-state index < -0.39 is 0 Å². The number of aliphatic hydroxyl groups is 1. The zero-order valence-electron chi connectivity index (χ0n) is 11.2. The van der Waals surface area contributed by atoms with Crippen LogP contribution in [0.2, 0.25) is 0 Å². The van der Waals surface area contributed by atoms with Gasteiger partial charge in [-0.25, -0.2) is 0 Å². The molecular formula is C16H20O2S. The second-order valence-electron chi connectivity index (χ2n) is 4.49. The predicted molar refractivity (Wildman–Crippen MR) is 79.8 cm³/mol. The zero-order valence-corrected chi connectivity index (χ0v) is 12.0. The van der Waals surface area contributed by atoms with Gasteiger partial charge in [-0.1, -0.05) is 18.2 Å². The van der Waals surface area contributed by atoms with Gasteiger partial charge in [-0.15, -0.1) is 11.3 Å². The van der Waals surface area contributed by atoms with E-state index in [-0.39, 0.29) is 6.10 Å². The molecule has 1 atom stereocenters. The number of rotatable bonds is 7. The van der Waals surface area contributed by atoms with Crippen LogP contribution in [-0.2, 0) is 6.42 Å². The second-order valence-corrected chi connectivity index (χ2v) is 5.52. The molecule has 2 aromatic rings. The van der Waals surface area contributed by atoms with E-state index in [0.717, 1.165) is 30.6 Å². The third-order valence-corrected chi connectivity index (χ3v) is 3.99. The number of aliphatic hydroxyl groups excluding tert-OH is 1. The molecule has 1 unspecified atom stereocenters. The van der Waals surface area contributed by atoms with Crippen molar-refractivity contribution in [3.63, 3.8) is 0 Å². The first-order valence-corrected chi connectivity index (χ1v) is 7.60. The lowest BCUT2D eigenvalue weighted by Gasteiger charge is -2.11. The average Bonchev–Trinajstić information content (AvgIpc) is 2.93. The molecule has 0 aliphatic rings. The highest BCUT2D eigenvalue weighted by Gasteiger charge is 2.07. The molecule has 2 rings (SSSR count). The van der Waals surface area contributed by atoms with Gasteiger partial charge < -0.3 is 9.84 Å². The number of ether oxygens (including phenoxy) is 1. The van der Waals surface area contributed by atoms with Crippen LogP contribution in [0.25, 0.3) is 0 Å². The van der Waals surface area contributed by atoms with Crippen LogP contribution in [0.5, 0.6) is 5.75 Å². The first-order valence-electron chi connectivity index (χ1n) is 6.73. The minimum atomic E-state index is -0.379. The van der Waals surface area contributed by atoms with E-state index in [1.807, 2.05) is 31.2 Å². The van der Waals surface area contributed by atoms with Crippen LogP contribution in [0, 0.1) is 0 Å². The molecule has 0 saturated heterocycles. The average molecular weight is 276 g/mol. The summed E-state index contributed by atoms with van der Waals surface area (Å²) in [7, 11) is 0. The highest BCUT2D eigenvalue weighted by Crippen LogP contribution is 2.23. The van der Waals surface area contributed by atoms with Crippen molar-refractivity contribution < 1.29 is 9.84 Å². The Balaban J connectivity index is 1.80. The molecule has 19 heavy (non-hydrogen) atoms. The minimum Gasteiger partial charge on any atom is -0.494 e. The summed E-state index contributed by atoms with van der Waals surface area (Å²) in [6, 6.07) is 11.9. The van der Waals surface area contributed by atoms with Crippen molar-refractivity contribution in [3.8, 4) is 5.75 Å². The molecule has 0 amide bonds. The van der Waals surface area contributed by atoms with Crippen LogP contribution < -0.4 is 4.74 Å². The smallest absolute Gasteiger partial charge is 0.119 e. The molecule has 0 radical (unpaired) electrons. The highest BCUT2D eigenvalue weighted by atomic mass is 32.1. The first kappa shape index (κ1) is 14.1. The molecule has 0 bridgehead atoms. The molecular weight excluding hydrogens is 256 g/mol. The maximum Gasteiger partial charge on any atom is 0.119 e. The van der Waals surface area contributed by atoms with Crippen LogP contribution in [0.3, 0.4) is 0 Å².